The van der Waals surface area contributed by atoms with Crippen LogP contribution in [0.2, 0.25) is 0 Å². The number of fused-ring (bicyclic) bond motifs is 4. The third-order valence-electron chi connectivity index (χ3n) is 10.3. The zero-order valence-electron chi connectivity index (χ0n) is 19.3. The molecule has 1 spiro atoms. The van der Waals surface area contributed by atoms with E-state index in [1.54, 1.807) is 0 Å². The van der Waals surface area contributed by atoms with E-state index in [0.717, 1.165) is 31.8 Å². The van der Waals surface area contributed by atoms with Crippen molar-refractivity contribution in [3.05, 3.63) is 23.8 Å². The van der Waals surface area contributed by atoms with Crippen LogP contribution >= 0.6 is 0 Å². The van der Waals surface area contributed by atoms with Gasteiger partial charge in [0.1, 0.15) is 0 Å². The molecule has 1 heterocycles. The van der Waals surface area contributed by atoms with Gasteiger partial charge in [0.05, 0.1) is 6.61 Å². The second-order valence-corrected chi connectivity index (χ2v) is 11.9. The van der Waals surface area contributed by atoms with E-state index in [-0.39, 0.29) is 22.5 Å². The van der Waals surface area contributed by atoms with Gasteiger partial charge >= 0.3 is 0 Å². The number of carbonyl (C=O) groups excluding carboxylic acids is 1. The van der Waals surface area contributed by atoms with Crippen molar-refractivity contribution >= 4 is 5.78 Å². The van der Waals surface area contributed by atoms with Crippen molar-refractivity contribution in [3.63, 3.8) is 0 Å². The maximum atomic E-state index is 12.0. The molecule has 0 bridgehead atoms. The Labute approximate surface area is 182 Å². The molecular formula is C27H40O3. The highest BCUT2D eigenvalue weighted by atomic mass is 16.6. The molecule has 5 rings (SSSR count). The summed E-state index contributed by atoms with van der Waals surface area (Å²) in [5.41, 5.74) is 1.70. The van der Waals surface area contributed by atoms with E-state index in [1.165, 1.54) is 37.7 Å². The number of ketones is 1. The first-order chi connectivity index (χ1) is 14.2. The van der Waals surface area contributed by atoms with Gasteiger partial charge in [-0.25, -0.2) is 0 Å². The van der Waals surface area contributed by atoms with Crippen molar-refractivity contribution in [3.8, 4) is 0 Å². The Bertz CT molecular complexity index is 781. The topological polar surface area (TPSA) is 46.5 Å². The zero-order chi connectivity index (χ0) is 21.3. The second-order valence-electron chi connectivity index (χ2n) is 11.9. The molecule has 1 aliphatic heterocycles. The van der Waals surface area contributed by atoms with Gasteiger partial charge in [0.2, 0.25) is 0 Å². The summed E-state index contributed by atoms with van der Waals surface area (Å²) in [4.78, 5) is 12.0. The van der Waals surface area contributed by atoms with Gasteiger partial charge in [0.15, 0.2) is 11.6 Å². The van der Waals surface area contributed by atoms with Crippen molar-refractivity contribution in [2.45, 2.75) is 84.8 Å². The predicted molar refractivity (Wildman–Crippen MR) is 119 cm³/mol. The van der Waals surface area contributed by atoms with Crippen LogP contribution in [0.15, 0.2) is 23.8 Å². The fourth-order valence-corrected chi connectivity index (χ4v) is 8.58. The number of carbonyl (C=O) groups is 1. The molecule has 3 saturated carbocycles. The number of hydrogen-bond acceptors (Lipinski definition) is 3. The lowest BCUT2D eigenvalue weighted by Gasteiger charge is -2.61. The maximum Gasteiger partial charge on any atom is 0.178 e. The summed E-state index contributed by atoms with van der Waals surface area (Å²) in [6.45, 7) is 9.85. The summed E-state index contributed by atoms with van der Waals surface area (Å²) in [7, 11) is 0. The largest absolute Gasteiger partial charge is 0.365 e. The molecule has 166 valence electrons. The van der Waals surface area contributed by atoms with Crippen molar-refractivity contribution in [2.24, 2.45) is 46.3 Å². The minimum atomic E-state index is -0.938. The summed E-state index contributed by atoms with van der Waals surface area (Å²) in [6.07, 6.45) is 15.0. The van der Waals surface area contributed by atoms with Gasteiger partial charge in [-0.1, -0.05) is 39.3 Å². The molecular weight excluding hydrogens is 372 g/mol. The number of aliphatic hydroxyl groups is 1. The third-order valence-corrected chi connectivity index (χ3v) is 10.3. The number of ether oxygens (including phenoxy) is 1. The van der Waals surface area contributed by atoms with Crippen molar-refractivity contribution < 1.29 is 14.6 Å². The Kier molecular flexibility index (Phi) is 4.91. The predicted octanol–water partition coefficient (Wildman–Crippen LogP) is 5.68. The molecule has 1 saturated heterocycles. The number of rotatable bonds is 3. The van der Waals surface area contributed by atoms with E-state index in [0.29, 0.717) is 23.7 Å². The Morgan fingerprint density at radius 3 is 2.70 bits per heavy atom. The highest BCUT2D eigenvalue weighted by molar-refractivity contribution is 6.01. The highest BCUT2D eigenvalue weighted by Gasteiger charge is 2.65. The smallest absolute Gasteiger partial charge is 0.178 e. The lowest BCUT2D eigenvalue weighted by molar-refractivity contribution is -0.312. The minimum Gasteiger partial charge on any atom is -0.365 e. The van der Waals surface area contributed by atoms with Crippen LogP contribution in [-0.4, -0.2) is 23.3 Å². The van der Waals surface area contributed by atoms with Gasteiger partial charge in [-0.2, -0.15) is 0 Å². The normalized spacial score (nSPS) is 49.9. The standard InChI is InChI=1S/C27H40O3/c1-17(2)9-14-27(29)18(3)22-7-8-24-21-6-5-19-15-20(28)10-12-25(19,4)23(21)11-13-26(22,24)16-30-27/h10,12,15,17-18,21-24,29H,5-9,11,13-14,16H2,1-4H3/t18?,21-,22-,23+,24+,25+,26+,27-/m1/s1. The molecule has 1 unspecified atom stereocenters. The van der Waals surface area contributed by atoms with E-state index in [2.05, 4.69) is 33.8 Å². The van der Waals surface area contributed by atoms with Crippen LogP contribution in [0.3, 0.4) is 0 Å². The molecule has 5 aliphatic rings. The molecule has 0 aromatic carbocycles. The van der Waals surface area contributed by atoms with Gasteiger partial charge in [-0.3, -0.25) is 4.79 Å². The first kappa shape index (κ1) is 20.9. The number of allylic oxidation sites excluding steroid dienone is 4. The van der Waals surface area contributed by atoms with Crippen molar-refractivity contribution in [1.82, 2.24) is 0 Å². The van der Waals surface area contributed by atoms with E-state index in [1.807, 2.05) is 12.2 Å². The Morgan fingerprint density at radius 1 is 1.17 bits per heavy atom. The molecule has 3 heteroatoms. The second kappa shape index (κ2) is 7.04. The zero-order valence-corrected chi connectivity index (χ0v) is 19.3. The summed E-state index contributed by atoms with van der Waals surface area (Å²) >= 11 is 0. The van der Waals surface area contributed by atoms with Gasteiger partial charge in [0.25, 0.3) is 0 Å². The maximum absolute atomic E-state index is 12.0. The van der Waals surface area contributed by atoms with Crippen molar-refractivity contribution in [2.75, 3.05) is 6.61 Å². The van der Waals surface area contributed by atoms with Gasteiger partial charge in [-0.05, 0) is 86.7 Å². The van der Waals surface area contributed by atoms with E-state index < -0.39 is 5.79 Å². The molecule has 4 fully saturated rings. The fraction of sp³-hybridized carbons (Fsp3) is 0.815. The molecule has 4 aliphatic carbocycles. The molecule has 0 aromatic heterocycles. The quantitative estimate of drug-likeness (QED) is 0.648. The van der Waals surface area contributed by atoms with Crippen LogP contribution in [0.1, 0.15) is 79.1 Å². The minimum absolute atomic E-state index is 0.0651. The molecule has 8 atom stereocenters. The molecule has 0 aromatic rings. The fourth-order valence-electron chi connectivity index (χ4n) is 8.58. The van der Waals surface area contributed by atoms with E-state index in [4.69, 9.17) is 4.74 Å². The average molecular weight is 413 g/mol. The number of hydrogen-bond donors (Lipinski definition) is 1. The van der Waals surface area contributed by atoms with Crippen LogP contribution in [0.4, 0.5) is 0 Å². The summed E-state index contributed by atoms with van der Waals surface area (Å²) in [6, 6.07) is 0. The average Bonchev–Trinajstić information content (AvgIpc) is 3.11. The van der Waals surface area contributed by atoms with E-state index in [9.17, 15) is 9.90 Å². The molecule has 0 radical (unpaired) electrons. The SMILES string of the molecule is CC(C)CC[C@@]1(O)OC[C@]23CC[C@H]4[C@@H](CCC5=CC(=O)C=C[C@@]54C)[C@@H]2CC[C@@H]3C1C. The molecule has 3 nitrogen and oxygen atoms in total. The van der Waals surface area contributed by atoms with Crippen LogP contribution in [0.25, 0.3) is 0 Å². The highest BCUT2D eigenvalue weighted by Crippen LogP contribution is 2.69. The van der Waals surface area contributed by atoms with Crippen LogP contribution < -0.4 is 0 Å². The van der Waals surface area contributed by atoms with Crippen molar-refractivity contribution in [1.29, 1.82) is 0 Å². The monoisotopic (exact) mass is 412 g/mol. The summed E-state index contributed by atoms with van der Waals surface area (Å²) in [5.74, 6) is 2.71. The Hall–Kier alpha value is -0.930. The first-order valence-electron chi connectivity index (χ1n) is 12.5. The van der Waals surface area contributed by atoms with Gasteiger partial charge in [-0.15, -0.1) is 0 Å². The van der Waals surface area contributed by atoms with Gasteiger partial charge in [0, 0.05) is 23.2 Å². The van der Waals surface area contributed by atoms with Crippen LogP contribution in [0.5, 0.6) is 0 Å². The van der Waals surface area contributed by atoms with Crippen LogP contribution in [0, 0.1) is 46.3 Å². The Morgan fingerprint density at radius 2 is 1.93 bits per heavy atom. The Balaban J connectivity index is 1.40. The molecule has 30 heavy (non-hydrogen) atoms. The lowest BCUT2D eigenvalue weighted by Crippen LogP contribution is -2.59. The first-order valence-corrected chi connectivity index (χ1v) is 12.5. The lowest BCUT2D eigenvalue weighted by atomic mass is 9.46. The van der Waals surface area contributed by atoms with Crippen LogP contribution in [-0.2, 0) is 9.53 Å². The summed E-state index contributed by atoms with van der Waals surface area (Å²) < 4.78 is 6.41. The molecule has 1 N–H and O–H groups in total. The van der Waals surface area contributed by atoms with Gasteiger partial charge < -0.3 is 9.84 Å². The third kappa shape index (κ3) is 2.87. The molecule has 0 amide bonds. The summed E-state index contributed by atoms with van der Waals surface area (Å²) in [5, 5.41) is 11.4. The van der Waals surface area contributed by atoms with E-state index >= 15 is 0 Å².